The zero-order chi connectivity index (χ0) is 17.1. The zero-order valence-corrected chi connectivity index (χ0v) is 16.9. The Bertz CT molecular complexity index is 752. The van der Waals surface area contributed by atoms with Crippen LogP contribution in [0.15, 0.2) is 29.8 Å². The van der Waals surface area contributed by atoms with E-state index < -0.39 is 0 Å². The molecule has 136 valence electrons. The number of aliphatic imine (C=N–C) groups is 1. The molecule has 1 saturated heterocycles. The first-order valence-corrected chi connectivity index (χ1v) is 7.79. The Labute approximate surface area is 163 Å². The maximum Gasteiger partial charge on any atom is 0.246 e. The fraction of sp³-hybridized carbons (Fsp3) is 0.467. The summed E-state index contributed by atoms with van der Waals surface area (Å²) >= 11 is 0. The maximum absolute atomic E-state index is 12.5. The van der Waals surface area contributed by atoms with Crippen molar-refractivity contribution in [3.63, 3.8) is 0 Å². The van der Waals surface area contributed by atoms with Crippen LogP contribution in [-0.4, -0.2) is 62.8 Å². The van der Waals surface area contributed by atoms with Crippen molar-refractivity contribution in [3.8, 4) is 0 Å². The number of piperazine rings is 1. The third-order valence-corrected chi connectivity index (χ3v) is 4.06. The number of guanidine groups is 1. The molecule has 0 atom stereocenters. The minimum absolute atomic E-state index is 0. The average Bonchev–Trinajstić information content (AvgIpc) is 3.17. The van der Waals surface area contributed by atoms with Crippen molar-refractivity contribution in [2.75, 3.05) is 31.6 Å². The molecule has 3 rings (SSSR count). The van der Waals surface area contributed by atoms with Gasteiger partial charge in [-0.05, 0) is 0 Å². The topological polar surface area (TPSA) is 83.6 Å². The summed E-state index contributed by atoms with van der Waals surface area (Å²) in [5.41, 5.74) is 0.832. The van der Waals surface area contributed by atoms with E-state index in [0.717, 1.165) is 11.5 Å². The highest BCUT2D eigenvalue weighted by Crippen LogP contribution is 2.16. The van der Waals surface area contributed by atoms with Gasteiger partial charge in [0.15, 0.2) is 5.96 Å². The van der Waals surface area contributed by atoms with Gasteiger partial charge >= 0.3 is 0 Å². The number of nitrogens with zero attached hydrogens (tertiary/aromatic N) is 7. The largest absolute Gasteiger partial charge is 0.349 e. The summed E-state index contributed by atoms with van der Waals surface area (Å²) in [4.78, 5) is 24.7. The van der Waals surface area contributed by atoms with Gasteiger partial charge in [-0.3, -0.25) is 14.5 Å². The van der Waals surface area contributed by atoms with Crippen LogP contribution in [0.4, 0.5) is 5.69 Å². The normalized spacial score (nSPS) is 15.3. The molecule has 1 aliphatic heterocycles. The second kappa shape index (κ2) is 8.32. The van der Waals surface area contributed by atoms with E-state index in [1.165, 1.54) is 0 Å². The summed E-state index contributed by atoms with van der Waals surface area (Å²) < 4.78 is 3.65. The Hall–Kier alpha value is -2.11. The monoisotopic (exact) mass is 458 g/mol. The molecular formula is C15H23IN8O. The second-order valence-electron chi connectivity index (χ2n) is 5.69. The molecule has 0 bridgehead atoms. The Kier molecular flexibility index (Phi) is 6.39. The fourth-order valence-electron chi connectivity index (χ4n) is 2.73. The smallest absolute Gasteiger partial charge is 0.246 e. The number of carbonyl (C=O) groups excluding carboxylic acids is 1. The minimum Gasteiger partial charge on any atom is -0.349 e. The number of amides is 1. The lowest BCUT2D eigenvalue weighted by molar-refractivity contribution is -0.120. The Morgan fingerprint density at radius 1 is 1.36 bits per heavy atom. The molecule has 1 amide bonds. The van der Waals surface area contributed by atoms with Crippen LogP contribution in [0.25, 0.3) is 0 Å². The molecule has 0 aliphatic carbocycles. The Morgan fingerprint density at radius 3 is 2.72 bits per heavy atom. The van der Waals surface area contributed by atoms with Crippen LogP contribution in [-0.2, 0) is 25.4 Å². The quantitative estimate of drug-likeness (QED) is 0.404. The van der Waals surface area contributed by atoms with E-state index in [4.69, 9.17) is 0 Å². The third-order valence-electron chi connectivity index (χ3n) is 4.06. The van der Waals surface area contributed by atoms with Crippen LogP contribution in [0.3, 0.4) is 0 Å². The molecule has 0 radical (unpaired) electrons. The summed E-state index contributed by atoms with van der Waals surface area (Å²) in [5, 5.41) is 7.39. The maximum atomic E-state index is 12.5. The number of anilines is 1. The number of hydrogen-bond acceptors (Lipinski definition) is 4. The predicted molar refractivity (Wildman–Crippen MR) is 106 cm³/mol. The first-order valence-electron chi connectivity index (χ1n) is 7.79. The average molecular weight is 458 g/mol. The van der Waals surface area contributed by atoms with E-state index in [2.05, 4.69) is 20.4 Å². The van der Waals surface area contributed by atoms with Crippen LogP contribution in [0.1, 0.15) is 5.82 Å². The molecule has 9 nitrogen and oxygen atoms in total. The molecule has 2 aromatic heterocycles. The van der Waals surface area contributed by atoms with Crippen molar-refractivity contribution >= 4 is 41.5 Å². The van der Waals surface area contributed by atoms with Gasteiger partial charge in [0.2, 0.25) is 5.91 Å². The fourth-order valence-corrected chi connectivity index (χ4v) is 2.73. The molecule has 0 aromatic carbocycles. The Morgan fingerprint density at radius 2 is 2.16 bits per heavy atom. The summed E-state index contributed by atoms with van der Waals surface area (Å²) in [5.74, 6) is 1.66. The number of halogens is 1. The van der Waals surface area contributed by atoms with Gasteiger partial charge in [0.05, 0.1) is 18.4 Å². The number of hydrogen-bond donors (Lipinski definition) is 1. The molecule has 1 N–H and O–H groups in total. The highest BCUT2D eigenvalue weighted by atomic mass is 127. The van der Waals surface area contributed by atoms with Crippen LogP contribution < -0.4 is 10.2 Å². The highest BCUT2D eigenvalue weighted by molar-refractivity contribution is 14.0. The van der Waals surface area contributed by atoms with E-state index in [9.17, 15) is 4.79 Å². The van der Waals surface area contributed by atoms with Gasteiger partial charge in [-0.1, -0.05) is 0 Å². The highest BCUT2D eigenvalue weighted by Gasteiger charge is 2.27. The first kappa shape index (κ1) is 19.2. The summed E-state index contributed by atoms with van der Waals surface area (Å²) in [6.07, 6.45) is 7.22. The van der Waals surface area contributed by atoms with Crippen LogP contribution in [0.5, 0.6) is 0 Å². The van der Waals surface area contributed by atoms with Crippen molar-refractivity contribution < 1.29 is 4.79 Å². The molecule has 25 heavy (non-hydrogen) atoms. The van der Waals surface area contributed by atoms with Gasteiger partial charge in [-0.25, -0.2) is 4.98 Å². The van der Waals surface area contributed by atoms with E-state index >= 15 is 0 Å². The molecule has 1 aliphatic rings. The molecule has 3 heterocycles. The molecular weight excluding hydrogens is 435 g/mol. The molecule has 0 saturated carbocycles. The lowest BCUT2D eigenvalue weighted by Gasteiger charge is -2.35. The van der Waals surface area contributed by atoms with Gasteiger partial charge in [0, 0.05) is 52.8 Å². The van der Waals surface area contributed by atoms with Gasteiger partial charge in [0.25, 0.3) is 0 Å². The van der Waals surface area contributed by atoms with Crippen molar-refractivity contribution in [2.24, 2.45) is 19.1 Å². The van der Waals surface area contributed by atoms with E-state index in [1.807, 2.05) is 36.0 Å². The summed E-state index contributed by atoms with van der Waals surface area (Å²) in [7, 11) is 5.51. The predicted octanol–water partition coefficient (Wildman–Crippen LogP) is 0.196. The van der Waals surface area contributed by atoms with Crippen molar-refractivity contribution in [3.05, 3.63) is 30.6 Å². The standard InChI is InChI=1S/C15H22N8O.HI/c1-16-15(18-9-13-17-4-5-20(13)2)22-6-7-23(14(24)11-22)12-8-19-21(3)10-12;/h4-5,8,10H,6-7,9,11H2,1-3H3,(H,16,18);1H. The number of nitrogens with one attached hydrogen (secondary N) is 1. The lowest BCUT2D eigenvalue weighted by Crippen LogP contribution is -2.55. The number of rotatable bonds is 3. The van der Waals surface area contributed by atoms with Gasteiger partial charge in [-0.15, -0.1) is 24.0 Å². The second-order valence-corrected chi connectivity index (χ2v) is 5.69. The van der Waals surface area contributed by atoms with Crippen LogP contribution in [0.2, 0.25) is 0 Å². The number of aromatic nitrogens is 4. The Balaban J connectivity index is 0.00000225. The van der Waals surface area contributed by atoms with Crippen LogP contribution in [0, 0.1) is 0 Å². The van der Waals surface area contributed by atoms with E-state index in [1.54, 1.807) is 29.0 Å². The first-order chi connectivity index (χ1) is 11.6. The SMILES string of the molecule is CN=C(NCc1nccn1C)N1CCN(c2cnn(C)c2)C(=O)C1.I. The molecule has 0 spiro atoms. The van der Waals surface area contributed by atoms with E-state index in [-0.39, 0.29) is 36.4 Å². The lowest BCUT2D eigenvalue weighted by atomic mass is 10.3. The third kappa shape index (κ3) is 4.30. The van der Waals surface area contributed by atoms with E-state index in [0.29, 0.717) is 25.6 Å². The van der Waals surface area contributed by atoms with Gasteiger partial charge in [0.1, 0.15) is 12.4 Å². The van der Waals surface area contributed by atoms with Crippen molar-refractivity contribution in [1.82, 2.24) is 29.5 Å². The number of carbonyl (C=O) groups is 1. The minimum atomic E-state index is 0. The van der Waals surface area contributed by atoms with Gasteiger partial charge < -0.3 is 19.7 Å². The molecule has 10 heteroatoms. The van der Waals surface area contributed by atoms with Crippen molar-refractivity contribution in [2.45, 2.75) is 6.54 Å². The van der Waals surface area contributed by atoms with Crippen LogP contribution >= 0.6 is 24.0 Å². The molecule has 0 unspecified atom stereocenters. The molecule has 2 aromatic rings. The van der Waals surface area contributed by atoms with Gasteiger partial charge in [-0.2, -0.15) is 5.10 Å². The van der Waals surface area contributed by atoms with Crippen molar-refractivity contribution in [1.29, 1.82) is 0 Å². The molecule has 1 fully saturated rings. The zero-order valence-electron chi connectivity index (χ0n) is 14.6. The summed E-state index contributed by atoms with van der Waals surface area (Å²) in [6, 6.07) is 0. The number of aryl methyl sites for hydroxylation is 2. The number of imidazole rings is 1. The summed E-state index contributed by atoms with van der Waals surface area (Å²) in [6.45, 7) is 2.16.